The maximum atomic E-state index is 3.57. The molecule has 16 heavy (non-hydrogen) atoms. The molecule has 0 atom stereocenters. The van der Waals surface area contributed by atoms with Gasteiger partial charge in [-0.15, -0.1) is 11.3 Å². The van der Waals surface area contributed by atoms with E-state index in [-0.39, 0.29) is 0 Å². The molecule has 0 aliphatic rings. The van der Waals surface area contributed by atoms with Crippen molar-refractivity contribution in [2.24, 2.45) is 5.92 Å². The van der Waals surface area contributed by atoms with E-state index in [1.165, 1.54) is 14.9 Å². The van der Waals surface area contributed by atoms with Crippen molar-refractivity contribution in [3.63, 3.8) is 0 Å². The van der Waals surface area contributed by atoms with Crippen molar-refractivity contribution in [2.45, 2.75) is 33.7 Å². The van der Waals surface area contributed by atoms with Crippen LogP contribution in [0.15, 0.2) is 21.5 Å². The van der Waals surface area contributed by atoms with Crippen molar-refractivity contribution >= 4 is 33.3 Å². The van der Waals surface area contributed by atoms with Crippen molar-refractivity contribution in [1.29, 1.82) is 0 Å². The van der Waals surface area contributed by atoms with Gasteiger partial charge in [0.1, 0.15) is 0 Å². The minimum Gasteiger partial charge on any atom is -0.311 e. The molecule has 1 rings (SSSR count). The summed E-state index contributed by atoms with van der Waals surface area (Å²) < 4.78 is 1.19. The lowest BCUT2D eigenvalue weighted by atomic mass is 10.0. The van der Waals surface area contributed by atoms with Gasteiger partial charge in [0.25, 0.3) is 0 Å². The van der Waals surface area contributed by atoms with Gasteiger partial charge in [-0.25, -0.2) is 0 Å². The lowest BCUT2D eigenvalue weighted by Crippen LogP contribution is -2.26. The first-order valence-electron chi connectivity index (χ1n) is 5.67. The van der Waals surface area contributed by atoms with E-state index in [0.717, 1.165) is 6.54 Å². The molecule has 0 bridgehead atoms. The molecular weight excluding hydrogens is 282 g/mol. The number of hydrogen-bond acceptors (Lipinski definition) is 2. The number of rotatable bonds is 5. The van der Waals surface area contributed by atoms with Gasteiger partial charge in [0.15, 0.2) is 0 Å². The summed E-state index contributed by atoms with van der Waals surface area (Å²) in [5, 5.41) is 5.59. The second-order valence-corrected chi connectivity index (χ2v) is 6.34. The van der Waals surface area contributed by atoms with Crippen LogP contribution in [0.2, 0.25) is 0 Å². The minimum atomic E-state index is 0.536. The number of thiophene rings is 1. The van der Waals surface area contributed by atoms with E-state index < -0.39 is 0 Å². The predicted octanol–water partition coefficient (Wildman–Crippen LogP) is 4.55. The molecule has 0 spiro atoms. The molecule has 0 fully saturated rings. The van der Waals surface area contributed by atoms with Crippen LogP contribution in [-0.4, -0.2) is 12.6 Å². The van der Waals surface area contributed by atoms with Crippen LogP contribution in [-0.2, 0) is 0 Å². The monoisotopic (exact) mass is 301 g/mol. The quantitative estimate of drug-likeness (QED) is 0.841. The van der Waals surface area contributed by atoms with Crippen LogP contribution in [0.3, 0.4) is 0 Å². The van der Waals surface area contributed by atoms with E-state index in [1.807, 2.05) is 0 Å². The Morgan fingerprint density at radius 1 is 1.44 bits per heavy atom. The highest BCUT2D eigenvalue weighted by Gasteiger charge is 2.06. The van der Waals surface area contributed by atoms with Gasteiger partial charge in [0.05, 0.1) is 0 Å². The maximum absolute atomic E-state index is 3.57. The summed E-state index contributed by atoms with van der Waals surface area (Å²) in [5.41, 5.74) is 1.46. The lowest BCUT2D eigenvalue weighted by molar-refractivity contribution is 0.593. The van der Waals surface area contributed by atoms with E-state index in [4.69, 9.17) is 0 Å². The second kappa shape index (κ2) is 6.58. The largest absolute Gasteiger partial charge is 0.311 e. The molecule has 1 heterocycles. The summed E-state index contributed by atoms with van der Waals surface area (Å²) >= 11 is 5.35. The van der Waals surface area contributed by atoms with Crippen LogP contribution in [0, 0.1) is 5.92 Å². The predicted molar refractivity (Wildman–Crippen MR) is 78.0 cm³/mol. The number of hydrogen-bond donors (Lipinski definition) is 1. The number of nitrogens with one attached hydrogen (secondary N) is 1. The highest BCUT2D eigenvalue weighted by atomic mass is 79.9. The van der Waals surface area contributed by atoms with Gasteiger partial charge in [-0.3, -0.25) is 0 Å². The van der Waals surface area contributed by atoms with Gasteiger partial charge >= 0.3 is 0 Å². The normalized spacial score (nSPS) is 12.8. The zero-order chi connectivity index (χ0) is 12.1. The molecule has 0 aromatic carbocycles. The summed E-state index contributed by atoms with van der Waals surface area (Å²) in [6.07, 6.45) is 2.30. The average Bonchev–Trinajstić information content (AvgIpc) is 2.58. The minimum absolute atomic E-state index is 0.536. The number of halogens is 1. The topological polar surface area (TPSA) is 12.0 Å². The molecule has 1 aromatic rings. The second-order valence-electron chi connectivity index (χ2n) is 4.54. The van der Waals surface area contributed by atoms with Crippen LogP contribution < -0.4 is 5.32 Å². The van der Waals surface area contributed by atoms with Gasteiger partial charge in [-0.1, -0.05) is 33.3 Å². The summed E-state index contributed by atoms with van der Waals surface area (Å²) in [5.74, 6) is 0.584. The Labute approximate surface area is 111 Å². The van der Waals surface area contributed by atoms with Crippen molar-refractivity contribution in [3.8, 4) is 0 Å². The molecule has 1 N–H and O–H groups in total. The average molecular weight is 302 g/mol. The first kappa shape index (κ1) is 13.9. The Balaban J connectivity index is 2.77. The van der Waals surface area contributed by atoms with Crippen LogP contribution in [0.1, 0.15) is 32.6 Å². The summed E-state index contributed by atoms with van der Waals surface area (Å²) in [7, 11) is 0. The SMILES string of the molecule is CC(C)NC/C(=C/c1sccc1Br)C(C)C. The molecule has 0 amide bonds. The maximum Gasteiger partial charge on any atom is 0.0412 e. The first-order valence-corrected chi connectivity index (χ1v) is 7.34. The summed E-state index contributed by atoms with van der Waals surface area (Å²) in [6.45, 7) is 9.82. The van der Waals surface area contributed by atoms with Crippen molar-refractivity contribution in [2.75, 3.05) is 6.54 Å². The third kappa shape index (κ3) is 4.40. The fourth-order valence-corrected chi connectivity index (χ4v) is 2.77. The molecule has 0 unspecified atom stereocenters. The van der Waals surface area contributed by atoms with Gasteiger partial charge < -0.3 is 5.32 Å². The standard InChI is InChI=1S/C13H20BrNS/c1-9(2)11(8-15-10(3)4)7-13-12(14)5-6-16-13/h5-7,9-10,15H,8H2,1-4H3/b11-7-. The van der Waals surface area contributed by atoms with Gasteiger partial charge in [-0.05, 0) is 39.4 Å². The summed E-state index contributed by atoms with van der Waals surface area (Å²) in [6, 6.07) is 2.64. The Morgan fingerprint density at radius 3 is 2.56 bits per heavy atom. The van der Waals surface area contributed by atoms with Crippen molar-refractivity contribution < 1.29 is 0 Å². The van der Waals surface area contributed by atoms with Crippen LogP contribution in [0.5, 0.6) is 0 Å². The zero-order valence-electron chi connectivity index (χ0n) is 10.4. The third-order valence-electron chi connectivity index (χ3n) is 2.42. The van der Waals surface area contributed by atoms with Gasteiger partial charge in [-0.2, -0.15) is 0 Å². The first-order chi connectivity index (χ1) is 7.50. The Morgan fingerprint density at radius 2 is 2.12 bits per heavy atom. The fraction of sp³-hybridized carbons (Fsp3) is 0.538. The van der Waals surface area contributed by atoms with Crippen LogP contribution in [0.25, 0.3) is 6.08 Å². The van der Waals surface area contributed by atoms with Gasteiger partial charge in [0.2, 0.25) is 0 Å². The summed E-state index contributed by atoms with van der Waals surface area (Å²) in [4.78, 5) is 1.31. The smallest absolute Gasteiger partial charge is 0.0412 e. The highest BCUT2D eigenvalue weighted by Crippen LogP contribution is 2.26. The molecule has 0 aliphatic carbocycles. The molecule has 1 aromatic heterocycles. The Bertz CT molecular complexity index is 353. The van der Waals surface area contributed by atoms with E-state index >= 15 is 0 Å². The molecule has 0 saturated heterocycles. The Hall–Kier alpha value is -0.120. The van der Waals surface area contributed by atoms with E-state index in [1.54, 1.807) is 11.3 Å². The van der Waals surface area contributed by atoms with Gasteiger partial charge in [0, 0.05) is 21.9 Å². The fourth-order valence-electron chi connectivity index (χ4n) is 1.32. The van der Waals surface area contributed by atoms with E-state index in [2.05, 4.69) is 66.5 Å². The van der Waals surface area contributed by atoms with Crippen molar-refractivity contribution in [1.82, 2.24) is 5.32 Å². The van der Waals surface area contributed by atoms with Crippen molar-refractivity contribution in [3.05, 3.63) is 26.4 Å². The molecule has 0 saturated carbocycles. The highest BCUT2D eigenvalue weighted by molar-refractivity contribution is 9.10. The molecule has 0 aliphatic heterocycles. The zero-order valence-corrected chi connectivity index (χ0v) is 12.8. The molecule has 90 valence electrons. The third-order valence-corrected chi connectivity index (χ3v) is 4.24. The molecule has 0 radical (unpaired) electrons. The molecule has 3 heteroatoms. The lowest BCUT2D eigenvalue weighted by Gasteiger charge is -2.14. The molecular formula is C13H20BrNS. The van der Waals surface area contributed by atoms with E-state index in [9.17, 15) is 0 Å². The van der Waals surface area contributed by atoms with E-state index in [0.29, 0.717) is 12.0 Å². The van der Waals surface area contributed by atoms with Crippen LogP contribution in [0.4, 0.5) is 0 Å². The van der Waals surface area contributed by atoms with Crippen LogP contribution >= 0.6 is 27.3 Å². The Kier molecular flexibility index (Phi) is 5.73. The molecule has 1 nitrogen and oxygen atoms in total.